The van der Waals surface area contributed by atoms with E-state index >= 15 is 0 Å². The van der Waals surface area contributed by atoms with Crippen molar-refractivity contribution in [3.8, 4) is 0 Å². The quantitative estimate of drug-likeness (QED) is 0.583. The minimum absolute atomic E-state index is 0.552. The lowest BCUT2D eigenvalue weighted by Gasteiger charge is -2.19. The number of methoxy groups -OCH3 is 1. The topological polar surface area (TPSA) is 30.5 Å². The van der Waals surface area contributed by atoms with Crippen molar-refractivity contribution >= 4 is 0 Å². The van der Waals surface area contributed by atoms with Gasteiger partial charge in [-0.05, 0) is 44.9 Å². The summed E-state index contributed by atoms with van der Waals surface area (Å²) < 4.78 is 10.5. The van der Waals surface area contributed by atoms with Crippen molar-refractivity contribution in [1.29, 1.82) is 0 Å². The monoisotopic (exact) mass is 229 g/mol. The Bertz CT molecular complexity index is 181. The molecule has 0 spiro atoms. The standard InChI is InChI=1S/C13H27NO2/c1-4-16-10-8-13(6-7-13)11-14-12(2)5-9-15-3/h12,14H,4-11H2,1-3H3. The summed E-state index contributed by atoms with van der Waals surface area (Å²) in [5, 5.41) is 3.61. The highest BCUT2D eigenvalue weighted by Gasteiger charge is 2.41. The number of rotatable bonds is 10. The van der Waals surface area contributed by atoms with E-state index in [9.17, 15) is 0 Å². The Kier molecular flexibility index (Phi) is 6.32. The lowest BCUT2D eigenvalue weighted by Crippen LogP contribution is -2.33. The summed E-state index contributed by atoms with van der Waals surface area (Å²) in [4.78, 5) is 0. The van der Waals surface area contributed by atoms with E-state index in [1.54, 1.807) is 7.11 Å². The van der Waals surface area contributed by atoms with Gasteiger partial charge in [-0.15, -0.1) is 0 Å². The molecule has 96 valence electrons. The molecule has 0 aromatic heterocycles. The molecule has 0 radical (unpaired) electrons. The predicted octanol–water partition coefficient (Wildman–Crippen LogP) is 2.21. The maximum absolute atomic E-state index is 5.43. The van der Waals surface area contributed by atoms with E-state index in [-0.39, 0.29) is 0 Å². The van der Waals surface area contributed by atoms with Gasteiger partial charge in [0, 0.05) is 39.5 Å². The Balaban J connectivity index is 2.06. The fourth-order valence-electron chi connectivity index (χ4n) is 1.91. The lowest BCUT2D eigenvalue weighted by atomic mass is 10.0. The fourth-order valence-corrected chi connectivity index (χ4v) is 1.91. The summed E-state index contributed by atoms with van der Waals surface area (Å²) in [5.41, 5.74) is 0.552. The predicted molar refractivity (Wildman–Crippen MR) is 66.7 cm³/mol. The molecule has 0 saturated heterocycles. The van der Waals surface area contributed by atoms with E-state index in [1.807, 2.05) is 0 Å². The van der Waals surface area contributed by atoms with E-state index in [0.29, 0.717) is 11.5 Å². The van der Waals surface area contributed by atoms with Crippen molar-refractivity contribution in [1.82, 2.24) is 5.32 Å². The molecule has 1 unspecified atom stereocenters. The van der Waals surface area contributed by atoms with Crippen LogP contribution in [0.5, 0.6) is 0 Å². The van der Waals surface area contributed by atoms with Gasteiger partial charge < -0.3 is 14.8 Å². The number of hydrogen-bond donors (Lipinski definition) is 1. The van der Waals surface area contributed by atoms with Crippen LogP contribution in [0.25, 0.3) is 0 Å². The zero-order valence-corrected chi connectivity index (χ0v) is 11.1. The average Bonchev–Trinajstić information content (AvgIpc) is 3.05. The molecule has 0 amide bonds. The molecular formula is C13H27NO2. The Morgan fingerprint density at radius 1 is 1.31 bits per heavy atom. The van der Waals surface area contributed by atoms with Crippen molar-refractivity contribution in [2.24, 2.45) is 5.41 Å². The van der Waals surface area contributed by atoms with Crippen LogP contribution in [0.1, 0.15) is 39.5 Å². The van der Waals surface area contributed by atoms with Crippen LogP contribution in [-0.2, 0) is 9.47 Å². The first-order valence-corrected chi connectivity index (χ1v) is 6.52. The van der Waals surface area contributed by atoms with Crippen LogP contribution in [0.15, 0.2) is 0 Å². The SMILES string of the molecule is CCOCCC1(CNC(C)CCOC)CC1. The Morgan fingerprint density at radius 2 is 2.06 bits per heavy atom. The maximum Gasteiger partial charge on any atom is 0.0476 e. The second-order valence-electron chi connectivity index (χ2n) is 5.01. The van der Waals surface area contributed by atoms with E-state index in [2.05, 4.69) is 19.2 Å². The van der Waals surface area contributed by atoms with E-state index in [1.165, 1.54) is 19.3 Å². The molecular weight excluding hydrogens is 202 g/mol. The van der Waals surface area contributed by atoms with Gasteiger partial charge in [0.1, 0.15) is 0 Å². The molecule has 1 fully saturated rings. The van der Waals surface area contributed by atoms with Crippen LogP contribution in [0.3, 0.4) is 0 Å². The third-order valence-electron chi connectivity index (χ3n) is 3.52. The van der Waals surface area contributed by atoms with Crippen LogP contribution in [0, 0.1) is 5.41 Å². The van der Waals surface area contributed by atoms with Gasteiger partial charge in [-0.3, -0.25) is 0 Å². The lowest BCUT2D eigenvalue weighted by molar-refractivity contribution is 0.126. The Labute approximate surface area is 99.9 Å². The van der Waals surface area contributed by atoms with Gasteiger partial charge in [-0.2, -0.15) is 0 Å². The van der Waals surface area contributed by atoms with Crippen molar-refractivity contribution in [2.75, 3.05) is 33.5 Å². The van der Waals surface area contributed by atoms with E-state index < -0.39 is 0 Å². The summed E-state index contributed by atoms with van der Waals surface area (Å²) in [6.45, 7) is 8.05. The minimum atomic E-state index is 0.552. The summed E-state index contributed by atoms with van der Waals surface area (Å²) >= 11 is 0. The number of nitrogens with one attached hydrogen (secondary N) is 1. The second kappa shape index (κ2) is 7.25. The Hall–Kier alpha value is -0.120. The van der Waals surface area contributed by atoms with Gasteiger partial charge in [-0.25, -0.2) is 0 Å². The van der Waals surface area contributed by atoms with Crippen molar-refractivity contribution in [2.45, 2.75) is 45.6 Å². The summed E-state index contributed by atoms with van der Waals surface area (Å²) in [6.07, 6.45) is 5.04. The molecule has 16 heavy (non-hydrogen) atoms. The molecule has 1 N–H and O–H groups in total. The zero-order valence-electron chi connectivity index (χ0n) is 11.1. The summed E-state index contributed by atoms with van der Waals surface area (Å²) in [7, 11) is 1.76. The molecule has 3 heteroatoms. The van der Waals surface area contributed by atoms with E-state index in [4.69, 9.17) is 9.47 Å². The summed E-state index contributed by atoms with van der Waals surface area (Å²) in [6, 6.07) is 0.560. The fraction of sp³-hybridized carbons (Fsp3) is 1.00. The third-order valence-corrected chi connectivity index (χ3v) is 3.52. The van der Waals surface area contributed by atoms with Crippen LogP contribution in [-0.4, -0.2) is 39.5 Å². The molecule has 0 aromatic carbocycles. The molecule has 0 aliphatic heterocycles. The molecule has 1 rings (SSSR count). The first kappa shape index (κ1) is 13.9. The number of hydrogen-bond acceptors (Lipinski definition) is 3. The highest BCUT2D eigenvalue weighted by atomic mass is 16.5. The van der Waals surface area contributed by atoms with Crippen molar-refractivity contribution in [3.05, 3.63) is 0 Å². The first-order chi connectivity index (χ1) is 7.72. The highest BCUT2D eigenvalue weighted by Crippen LogP contribution is 2.48. The van der Waals surface area contributed by atoms with Gasteiger partial charge in [0.25, 0.3) is 0 Å². The highest BCUT2D eigenvalue weighted by molar-refractivity contribution is 4.95. The molecule has 0 heterocycles. The van der Waals surface area contributed by atoms with Crippen molar-refractivity contribution < 1.29 is 9.47 Å². The first-order valence-electron chi connectivity index (χ1n) is 6.52. The smallest absolute Gasteiger partial charge is 0.0476 e. The molecule has 1 aliphatic carbocycles. The maximum atomic E-state index is 5.43. The van der Waals surface area contributed by atoms with Gasteiger partial charge in [-0.1, -0.05) is 0 Å². The minimum Gasteiger partial charge on any atom is -0.385 e. The van der Waals surface area contributed by atoms with E-state index in [0.717, 1.165) is 32.8 Å². The van der Waals surface area contributed by atoms with Crippen LogP contribution >= 0.6 is 0 Å². The molecule has 1 aliphatic rings. The molecule has 1 saturated carbocycles. The molecule has 1 atom stereocenters. The number of ether oxygens (including phenoxy) is 2. The average molecular weight is 229 g/mol. The van der Waals surface area contributed by atoms with Gasteiger partial charge in [0.05, 0.1) is 0 Å². The third kappa shape index (κ3) is 5.28. The summed E-state index contributed by atoms with van der Waals surface area (Å²) in [5.74, 6) is 0. The molecule has 0 bridgehead atoms. The molecule has 3 nitrogen and oxygen atoms in total. The second-order valence-corrected chi connectivity index (χ2v) is 5.01. The molecule has 0 aromatic rings. The van der Waals surface area contributed by atoms with Crippen LogP contribution < -0.4 is 5.32 Å². The Morgan fingerprint density at radius 3 is 2.62 bits per heavy atom. The van der Waals surface area contributed by atoms with Gasteiger partial charge in [0.15, 0.2) is 0 Å². The van der Waals surface area contributed by atoms with Crippen LogP contribution in [0.4, 0.5) is 0 Å². The van der Waals surface area contributed by atoms with Gasteiger partial charge >= 0.3 is 0 Å². The van der Waals surface area contributed by atoms with Crippen LogP contribution in [0.2, 0.25) is 0 Å². The van der Waals surface area contributed by atoms with Crippen molar-refractivity contribution in [3.63, 3.8) is 0 Å². The largest absolute Gasteiger partial charge is 0.385 e. The normalized spacial score (nSPS) is 19.7. The van der Waals surface area contributed by atoms with Gasteiger partial charge in [0.2, 0.25) is 0 Å². The zero-order chi connectivity index (χ0) is 11.9.